The van der Waals surface area contributed by atoms with Crippen LogP contribution in [0.5, 0.6) is 5.75 Å². The van der Waals surface area contributed by atoms with Crippen LogP contribution in [0.15, 0.2) is 70.9 Å². The number of phenolic OH excluding ortho intramolecular Hbond substituents is 1. The predicted molar refractivity (Wildman–Crippen MR) is 115 cm³/mol. The Morgan fingerprint density at radius 2 is 1.65 bits per heavy atom. The normalized spacial score (nSPS) is 11.5. The van der Waals surface area contributed by atoms with Crippen molar-refractivity contribution in [1.82, 2.24) is 4.98 Å². The third-order valence-corrected chi connectivity index (χ3v) is 5.80. The van der Waals surface area contributed by atoms with Crippen molar-refractivity contribution >= 4 is 55.5 Å². The molecule has 0 aliphatic carbocycles. The first kappa shape index (κ1) is 17.1. The Labute approximate surface area is 168 Å². The average molecular weight is 471 g/mol. The maximum absolute atomic E-state index is 9.55. The topological polar surface area (TPSA) is 57.8 Å². The molecule has 0 bridgehead atoms. The van der Waals surface area contributed by atoms with Gasteiger partial charge in [0.05, 0.1) is 25.2 Å². The minimum Gasteiger partial charge on any atom is -0.507 e. The number of thiazole rings is 1. The van der Waals surface area contributed by atoms with Gasteiger partial charge >= 0.3 is 0 Å². The van der Waals surface area contributed by atoms with Crippen LogP contribution in [0.3, 0.4) is 0 Å². The van der Waals surface area contributed by atoms with Crippen LogP contribution in [0.4, 0.5) is 11.4 Å². The zero-order chi connectivity index (χ0) is 18.1. The van der Waals surface area contributed by atoms with Crippen LogP contribution in [-0.4, -0.2) is 10.1 Å². The molecule has 1 N–H and O–H groups in total. The molecule has 26 heavy (non-hydrogen) atoms. The summed E-state index contributed by atoms with van der Waals surface area (Å²) >= 11 is 3.76. The summed E-state index contributed by atoms with van der Waals surface area (Å²) in [4.78, 5) is 4.71. The molecule has 0 amide bonds. The van der Waals surface area contributed by atoms with E-state index in [0.29, 0.717) is 5.69 Å². The van der Waals surface area contributed by atoms with Crippen molar-refractivity contribution in [2.75, 3.05) is 0 Å². The van der Waals surface area contributed by atoms with Gasteiger partial charge < -0.3 is 5.11 Å². The van der Waals surface area contributed by atoms with E-state index in [2.05, 4.69) is 57.9 Å². The molecule has 0 fully saturated rings. The molecule has 0 spiro atoms. The zero-order valence-electron chi connectivity index (χ0n) is 13.8. The van der Waals surface area contributed by atoms with E-state index in [0.717, 1.165) is 25.3 Å². The van der Waals surface area contributed by atoms with E-state index < -0.39 is 0 Å². The Hall–Kier alpha value is -2.32. The van der Waals surface area contributed by atoms with Crippen molar-refractivity contribution in [2.45, 2.75) is 6.92 Å². The SMILES string of the molecule is Cc1ccc2nc(-c3ccc(N=Nc4ccc(O)c(I)c4)cc3)sc2c1. The fourth-order valence-corrected chi connectivity index (χ4v) is 4.07. The fourth-order valence-electron chi connectivity index (χ4n) is 2.50. The third kappa shape index (κ3) is 3.61. The van der Waals surface area contributed by atoms with Crippen LogP contribution in [0.2, 0.25) is 0 Å². The molecule has 4 aromatic rings. The Balaban J connectivity index is 1.57. The summed E-state index contributed by atoms with van der Waals surface area (Å²) in [5, 5.41) is 19.0. The quantitative estimate of drug-likeness (QED) is 0.259. The molecule has 3 aromatic carbocycles. The molecule has 4 rings (SSSR count). The Bertz CT molecular complexity index is 1120. The highest BCUT2D eigenvalue weighted by atomic mass is 127. The van der Waals surface area contributed by atoms with Crippen molar-refractivity contribution in [3.8, 4) is 16.3 Å². The number of benzene rings is 3. The number of azo groups is 1. The lowest BCUT2D eigenvalue weighted by Crippen LogP contribution is -1.75. The van der Waals surface area contributed by atoms with E-state index in [1.165, 1.54) is 10.3 Å². The van der Waals surface area contributed by atoms with E-state index in [4.69, 9.17) is 4.98 Å². The van der Waals surface area contributed by atoms with Crippen LogP contribution in [0.25, 0.3) is 20.8 Å². The highest BCUT2D eigenvalue weighted by Crippen LogP contribution is 2.32. The summed E-state index contributed by atoms with van der Waals surface area (Å²) in [5.41, 5.74) is 4.82. The van der Waals surface area contributed by atoms with Gasteiger partial charge in [-0.2, -0.15) is 10.2 Å². The second-order valence-electron chi connectivity index (χ2n) is 5.87. The lowest BCUT2D eigenvalue weighted by atomic mass is 10.2. The first-order valence-corrected chi connectivity index (χ1v) is 9.86. The number of aromatic hydroxyl groups is 1. The van der Waals surface area contributed by atoms with Gasteiger partial charge in [0.15, 0.2) is 0 Å². The van der Waals surface area contributed by atoms with E-state index in [-0.39, 0.29) is 5.75 Å². The van der Waals surface area contributed by atoms with E-state index in [9.17, 15) is 5.11 Å². The molecular weight excluding hydrogens is 457 g/mol. The first-order chi connectivity index (χ1) is 12.6. The van der Waals surface area contributed by atoms with Crippen molar-refractivity contribution in [2.24, 2.45) is 10.2 Å². The second kappa shape index (κ2) is 7.13. The van der Waals surface area contributed by atoms with Gasteiger partial charge in [0, 0.05) is 5.56 Å². The van der Waals surface area contributed by atoms with Gasteiger partial charge in [-0.05, 0) is 89.7 Å². The number of hydrogen-bond donors (Lipinski definition) is 1. The molecule has 0 saturated heterocycles. The van der Waals surface area contributed by atoms with Gasteiger partial charge in [-0.3, -0.25) is 0 Å². The smallest absolute Gasteiger partial charge is 0.129 e. The van der Waals surface area contributed by atoms with Crippen molar-refractivity contribution in [3.63, 3.8) is 0 Å². The Morgan fingerprint density at radius 3 is 2.42 bits per heavy atom. The Morgan fingerprint density at radius 1 is 0.923 bits per heavy atom. The highest BCUT2D eigenvalue weighted by molar-refractivity contribution is 14.1. The lowest BCUT2D eigenvalue weighted by Gasteiger charge is -1.98. The maximum atomic E-state index is 9.55. The monoisotopic (exact) mass is 471 g/mol. The van der Waals surface area contributed by atoms with Crippen molar-refractivity contribution in [3.05, 3.63) is 69.8 Å². The molecule has 0 radical (unpaired) electrons. The van der Waals surface area contributed by atoms with Crippen molar-refractivity contribution in [1.29, 1.82) is 0 Å². The number of aromatic nitrogens is 1. The maximum Gasteiger partial charge on any atom is 0.129 e. The minimum atomic E-state index is 0.250. The number of rotatable bonds is 3. The molecule has 0 unspecified atom stereocenters. The lowest BCUT2D eigenvalue weighted by molar-refractivity contribution is 0.471. The largest absolute Gasteiger partial charge is 0.507 e. The number of phenols is 1. The molecule has 6 heteroatoms. The molecule has 128 valence electrons. The summed E-state index contributed by atoms with van der Waals surface area (Å²) in [7, 11) is 0. The zero-order valence-corrected chi connectivity index (χ0v) is 16.8. The number of nitrogens with zero attached hydrogens (tertiary/aromatic N) is 3. The molecule has 4 nitrogen and oxygen atoms in total. The third-order valence-electron chi connectivity index (χ3n) is 3.87. The summed E-state index contributed by atoms with van der Waals surface area (Å²) < 4.78 is 1.95. The fraction of sp³-hybridized carbons (Fsp3) is 0.0500. The molecule has 0 aliphatic heterocycles. The molecular formula is C20H14IN3OS. The summed E-state index contributed by atoms with van der Waals surface area (Å²) in [6, 6.07) is 19.3. The number of hydrogen-bond acceptors (Lipinski definition) is 5. The first-order valence-electron chi connectivity index (χ1n) is 7.96. The molecule has 1 aromatic heterocycles. The van der Waals surface area contributed by atoms with Gasteiger partial charge in [0.1, 0.15) is 10.8 Å². The van der Waals surface area contributed by atoms with E-state index in [1.807, 2.05) is 24.3 Å². The van der Waals surface area contributed by atoms with Crippen LogP contribution in [-0.2, 0) is 0 Å². The van der Waals surface area contributed by atoms with Crippen LogP contribution in [0.1, 0.15) is 5.56 Å². The van der Waals surface area contributed by atoms with Gasteiger partial charge in [0.2, 0.25) is 0 Å². The van der Waals surface area contributed by atoms with Gasteiger partial charge in [-0.15, -0.1) is 11.3 Å². The number of halogens is 1. The minimum absolute atomic E-state index is 0.250. The standard InChI is InChI=1S/C20H14IN3OS/c1-12-2-8-17-19(10-12)26-20(22-17)13-3-5-14(6-4-13)23-24-15-7-9-18(25)16(21)11-15/h2-11,25H,1H3. The van der Waals surface area contributed by atoms with Gasteiger partial charge in [-0.1, -0.05) is 6.07 Å². The van der Waals surface area contributed by atoms with Crippen LogP contribution < -0.4 is 0 Å². The van der Waals surface area contributed by atoms with Crippen LogP contribution in [0, 0.1) is 10.5 Å². The van der Waals surface area contributed by atoms with Gasteiger partial charge in [0.25, 0.3) is 0 Å². The summed E-state index contributed by atoms with van der Waals surface area (Å²) in [6.45, 7) is 2.09. The average Bonchev–Trinajstić information content (AvgIpc) is 3.06. The number of fused-ring (bicyclic) bond motifs is 1. The van der Waals surface area contributed by atoms with Crippen LogP contribution >= 0.6 is 33.9 Å². The molecule has 1 heterocycles. The van der Waals surface area contributed by atoms with Gasteiger partial charge in [-0.25, -0.2) is 4.98 Å². The molecule has 0 saturated carbocycles. The Kier molecular flexibility index (Phi) is 4.69. The number of aryl methyl sites for hydroxylation is 1. The van der Waals surface area contributed by atoms with E-state index >= 15 is 0 Å². The van der Waals surface area contributed by atoms with Crippen molar-refractivity contribution < 1.29 is 5.11 Å². The van der Waals surface area contributed by atoms with E-state index in [1.54, 1.807) is 29.5 Å². The molecule has 0 atom stereocenters. The summed E-state index contributed by atoms with van der Waals surface area (Å²) in [5.74, 6) is 0.250. The second-order valence-corrected chi connectivity index (χ2v) is 8.07. The summed E-state index contributed by atoms with van der Waals surface area (Å²) in [6.07, 6.45) is 0. The predicted octanol–water partition coefficient (Wildman–Crippen LogP) is 7.00. The highest BCUT2D eigenvalue weighted by Gasteiger charge is 2.06. The molecule has 0 aliphatic rings.